The van der Waals surface area contributed by atoms with E-state index >= 15 is 0 Å². The van der Waals surface area contributed by atoms with Gasteiger partial charge in [-0.25, -0.2) is 4.79 Å². The molecule has 0 spiro atoms. The van der Waals surface area contributed by atoms with Crippen LogP contribution in [-0.2, 0) is 9.53 Å². The Morgan fingerprint density at radius 3 is 2.61 bits per heavy atom. The van der Waals surface area contributed by atoms with Gasteiger partial charge >= 0.3 is 6.09 Å². The first kappa shape index (κ1) is 27.3. The number of benzene rings is 1. The van der Waals surface area contributed by atoms with Crippen molar-refractivity contribution in [1.29, 1.82) is 0 Å². The van der Waals surface area contributed by atoms with Crippen LogP contribution in [0, 0.1) is 6.92 Å². The molecule has 2 rings (SSSR count). The first-order valence-corrected chi connectivity index (χ1v) is 10.8. The van der Waals surface area contributed by atoms with Crippen LogP contribution >= 0.6 is 35.6 Å². The summed E-state index contributed by atoms with van der Waals surface area (Å²) in [5, 5.41) is 10.1. The minimum atomic E-state index is -0.252. The van der Waals surface area contributed by atoms with Crippen LogP contribution in [0.4, 0.5) is 10.5 Å². The number of likely N-dealkylation sites (tertiary alicyclic amines) is 1. The summed E-state index contributed by atoms with van der Waals surface area (Å²) in [6.07, 6.45) is 1.65. The zero-order valence-corrected chi connectivity index (χ0v) is 21.5. The number of anilines is 1. The fourth-order valence-corrected chi connectivity index (χ4v) is 3.33. The highest BCUT2D eigenvalue weighted by Crippen LogP contribution is 2.22. The standard InChI is InChI=1S/C21H32ClN5O3.HI/c1-4-23-20(25-16-10-13-27(14-11-16)21(29)30-5-2)24-12-9-19(28)26-18-8-6-7-17(22)15(18)3;/h6-8,16H,4-5,9-14H2,1-3H3,(H,26,28)(H2,23,24,25);1H. The summed E-state index contributed by atoms with van der Waals surface area (Å²) < 4.78 is 5.05. The first-order valence-electron chi connectivity index (χ1n) is 10.5. The number of rotatable bonds is 7. The van der Waals surface area contributed by atoms with E-state index in [1.807, 2.05) is 32.9 Å². The highest BCUT2D eigenvalue weighted by Gasteiger charge is 2.24. The van der Waals surface area contributed by atoms with Gasteiger partial charge in [-0.1, -0.05) is 17.7 Å². The molecule has 1 heterocycles. The fraction of sp³-hybridized carbons (Fsp3) is 0.571. The number of piperidine rings is 1. The van der Waals surface area contributed by atoms with E-state index in [1.165, 1.54) is 0 Å². The molecule has 174 valence electrons. The molecule has 0 atom stereocenters. The van der Waals surface area contributed by atoms with Crippen molar-refractivity contribution in [2.75, 3.05) is 38.1 Å². The number of guanidine groups is 1. The summed E-state index contributed by atoms with van der Waals surface area (Å²) in [5.41, 5.74) is 1.56. The molecule has 10 heteroatoms. The van der Waals surface area contributed by atoms with Gasteiger partial charge in [0.05, 0.1) is 13.2 Å². The third-order valence-electron chi connectivity index (χ3n) is 4.86. The zero-order chi connectivity index (χ0) is 21.9. The number of hydrogen-bond acceptors (Lipinski definition) is 4. The molecule has 0 bridgehead atoms. The van der Waals surface area contributed by atoms with E-state index in [0.29, 0.717) is 37.2 Å². The third kappa shape index (κ3) is 9.10. The Bertz CT molecular complexity index is 755. The van der Waals surface area contributed by atoms with Crippen LogP contribution in [0.1, 0.15) is 38.7 Å². The molecule has 1 aromatic carbocycles. The minimum absolute atomic E-state index is 0. The third-order valence-corrected chi connectivity index (χ3v) is 5.27. The van der Waals surface area contributed by atoms with Gasteiger partial charge in [0.25, 0.3) is 0 Å². The van der Waals surface area contributed by atoms with Gasteiger partial charge in [-0.15, -0.1) is 24.0 Å². The number of nitrogens with one attached hydrogen (secondary N) is 3. The highest BCUT2D eigenvalue weighted by atomic mass is 127. The maximum Gasteiger partial charge on any atom is 0.409 e. The predicted octanol–water partition coefficient (Wildman–Crippen LogP) is 3.77. The van der Waals surface area contributed by atoms with Gasteiger partial charge in [-0.3, -0.25) is 9.79 Å². The molecule has 1 aromatic rings. The van der Waals surface area contributed by atoms with E-state index in [1.54, 1.807) is 11.0 Å². The van der Waals surface area contributed by atoms with Crippen molar-refractivity contribution in [3.05, 3.63) is 28.8 Å². The van der Waals surface area contributed by atoms with Crippen LogP contribution in [-0.4, -0.2) is 61.7 Å². The summed E-state index contributed by atoms with van der Waals surface area (Å²) in [4.78, 5) is 30.3. The van der Waals surface area contributed by atoms with Gasteiger partial charge in [0, 0.05) is 42.8 Å². The minimum Gasteiger partial charge on any atom is -0.450 e. The van der Waals surface area contributed by atoms with E-state index in [4.69, 9.17) is 16.3 Å². The number of halogens is 2. The first-order chi connectivity index (χ1) is 14.4. The topological polar surface area (TPSA) is 95.1 Å². The lowest BCUT2D eigenvalue weighted by Crippen LogP contribution is -2.50. The largest absolute Gasteiger partial charge is 0.450 e. The van der Waals surface area contributed by atoms with Crippen molar-refractivity contribution in [3.63, 3.8) is 0 Å². The van der Waals surface area contributed by atoms with Crippen molar-refractivity contribution in [2.45, 2.75) is 46.1 Å². The van der Waals surface area contributed by atoms with Crippen molar-refractivity contribution >= 4 is 59.2 Å². The van der Waals surface area contributed by atoms with Gasteiger partial charge in [0.1, 0.15) is 0 Å². The second kappa shape index (κ2) is 14.3. The van der Waals surface area contributed by atoms with Gasteiger partial charge in [0.15, 0.2) is 5.96 Å². The number of aliphatic imine (C=N–C) groups is 1. The van der Waals surface area contributed by atoms with Gasteiger partial charge in [-0.2, -0.15) is 0 Å². The number of amides is 2. The average Bonchev–Trinajstić information content (AvgIpc) is 2.72. The summed E-state index contributed by atoms with van der Waals surface area (Å²) in [6, 6.07) is 5.65. The van der Waals surface area contributed by atoms with Crippen LogP contribution in [0.25, 0.3) is 0 Å². The molecule has 1 fully saturated rings. The molecule has 3 N–H and O–H groups in total. The van der Waals surface area contributed by atoms with Gasteiger partial charge < -0.3 is 25.6 Å². The number of carbonyl (C=O) groups is 2. The van der Waals surface area contributed by atoms with E-state index in [2.05, 4.69) is 20.9 Å². The summed E-state index contributed by atoms with van der Waals surface area (Å²) >= 11 is 6.09. The molecule has 1 aliphatic rings. The zero-order valence-electron chi connectivity index (χ0n) is 18.4. The summed E-state index contributed by atoms with van der Waals surface area (Å²) in [7, 11) is 0. The molecule has 0 aliphatic carbocycles. The van der Waals surface area contributed by atoms with Crippen LogP contribution < -0.4 is 16.0 Å². The number of nitrogens with zero attached hydrogens (tertiary/aromatic N) is 2. The Kier molecular flexibility index (Phi) is 12.6. The maximum absolute atomic E-state index is 12.2. The molecule has 0 saturated carbocycles. The van der Waals surface area contributed by atoms with Crippen molar-refractivity contribution < 1.29 is 14.3 Å². The Morgan fingerprint density at radius 1 is 1.26 bits per heavy atom. The molecule has 0 aromatic heterocycles. The van der Waals surface area contributed by atoms with Gasteiger partial charge in [0.2, 0.25) is 5.91 Å². The second-order valence-electron chi connectivity index (χ2n) is 7.08. The monoisotopic (exact) mass is 565 g/mol. The normalized spacial score (nSPS) is 14.5. The summed E-state index contributed by atoms with van der Waals surface area (Å²) in [5.74, 6) is 0.571. The van der Waals surface area contributed by atoms with Crippen LogP contribution in [0.3, 0.4) is 0 Å². The molecule has 2 amide bonds. The predicted molar refractivity (Wildman–Crippen MR) is 136 cm³/mol. The average molecular weight is 566 g/mol. The number of hydrogen-bond donors (Lipinski definition) is 3. The van der Waals surface area contributed by atoms with Crippen LogP contribution in [0.5, 0.6) is 0 Å². The molecule has 0 radical (unpaired) electrons. The van der Waals surface area contributed by atoms with Crippen molar-refractivity contribution in [2.24, 2.45) is 4.99 Å². The van der Waals surface area contributed by atoms with Crippen LogP contribution in [0.15, 0.2) is 23.2 Å². The van der Waals surface area contributed by atoms with Gasteiger partial charge in [-0.05, 0) is 51.3 Å². The SMILES string of the molecule is CCNC(=NCCC(=O)Nc1cccc(Cl)c1C)NC1CCN(C(=O)OCC)CC1.I. The smallest absolute Gasteiger partial charge is 0.409 e. The van der Waals surface area contributed by atoms with Crippen molar-refractivity contribution in [3.8, 4) is 0 Å². The maximum atomic E-state index is 12.2. The van der Waals surface area contributed by atoms with E-state index in [0.717, 1.165) is 30.6 Å². The lowest BCUT2D eigenvalue weighted by molar-refractivity contribution is -0.116. The fourth-order valence-electron chi connectivity index (χ4n) is 3.16. The summed E-state index contributed by atoms with van der Waals surface area (Å²) in [6.45, 7) is 8.45. The molecular weight excluding hydrogens is 533 g/mol. The second-order valence-corrected chi connectivity index (χ2v) is 7.48. The molecule has 1 aliphatic heterocycles. The lowest BCUT2D eigenvalue weighted by Gasteiger charge is -2.32. The van der Waals surface area contributed by atoms with E-state index < -0.39 is 0 Å². The molecule has 8 nitrogen and oxygen atoms in total. The Balaban J connectivity index is 0.00000480. The van der Waals surface area contributed by atoms with E-state index in [9.17, 15) is 9.59 Å². The number of ether oxygens (including phenoxy) is 1. The number of carbonyl (C=O) groups excluding carboxylic acids is 2. The molecular formula is C21H33ClIN5O3. The lowest BCUT2D eigenvalue weighted by atomic mass is 10.1. The molecule has 31 heavy (non-hydrogen) atoms. The quantitative estimate of drug-likeness (QED) is 0.266. The Morgan fingerprint density at radius 2 is 1.97 bits per heavy atom. The van der Waals surface area contributed by atoms with E-state index in [-0.39, 0.29) is 48.4 Å². The van der Waals surface area contributed by atoms with Crippen molar-refractivity contribution in [1.82, 2.24) is 15.5 Å². The Labute approximate surface area is 206 Å². The Hall–Kier alpha value is -1.75. The highest BCUT2D eigenvalue weighted by molar-refractivity contribution is 14.0. The van der Waals surface area contributed by atoms with Crippen LogP contribution in [0.2, 0.25) is 5.02 Å². The molecule has 0 unspecified atom stereocenters. The molecule has 1 saturated heterocycles.